The average Bonchev–Trinajstić information content (AvgIpc) is 3.14. The largest absolute Gasteiger partial charge is 0.488 e. The van der Waals surface area contributed by atoms with Crippen LogP contribution in [-0.4, -0.2) is 55.7 Å². The molecule has 0 aliphatic carbocycles. The van der Waals surface area contributed by atoms with E-state index in [2.05, 4.69) is 53.4 Å². The summed E-state index contributed by atoms with van der Waals surface area (Å²) in [5.41, 5.74) is 1.30. The van der Waals surface area contributed by atoms with Crippen LogP contribution in [0.2, 0.25) is 0 Å². The van der Waals surface area contributed by atoms with Gasteiger partial charge in [0.2, 0.25) is 0 Å². The molecule has 2 heterocycles. The van der Waals surface area contributed by atoms with E-state index in [9.17, 15) is 0 Å². The molecule has 3 unspecified atom stereocenters. The van der Waals surface area contributed by atoms with Crippen molar-refractivity contribution >= 4 is 5.96 Å². The Bertz CT molecular complexity index is 561. The number of hydrogen-bond acceptors (Lipinski definition) is 3. The SMILES string of the molecule is CN=C(NCC1Cc2ccccc2O1)NC1CN(C(C)C)CC1C. The number of aliphatic imine (C=N–C) groups is 1. The Morgan fingerprint density at radius 3 is 2.79 bits per heavy atom. The highest BCUT2D eigenvalue weighted by Crippen LogP contribution is 2.27. The normalized spacial score (nSPS) is 27.2. The lowest BCUT2D eigenvalue weighted by molar-refractivity contribution is 0.234. The first-order valence-corrected chi connectivity index (χ1v) is 9.02. The lowest BCUT2D eigenvalue weighted by Crippen LogP contribution is -2.48. The van der Waals surface area contributed by atoms with E-state index in [4.69, 9.17) is 4.74 Å². The molecule has 24 heavy (non-hydrogen) atoms. The van der Waals surface area contributed by atoms with E-state index in [0.717, 1.165) is 37.8 Å². The second kappa shape index (κ2) is 7.43. The van der Waals surface area contributed by atoms with E-state index < -0.39 is 0 Å². The molecular formula is C19H30N4O. The molecule has 0 radical (unpaired) electrons. The average molecular weight is 330 g/mol. The molecule has 2 N–H and O–H groups in total. The third-order valence-corrected chi connectivity index (χ3v) is 5.13. The Kier molecular flexibility index (Phi) is 5.29. The summed E-state index contributed by atoms with van der Waals surface area (Å²) in [5.74, 6) is 2.51. The molecule has 5 nitrogen and oxygen atoms in total. The minimum absolute atomic E-state index is 0.175. The van der Waals surface area contributed by atoms with Gasteiger partial charge in [-0.15, -0.1) is 0 Å². The number of benzene rings is 1. The summed E-state index contributed by atoms with van der Waals surface area (Å²) >= 11 is 0. The Hall–Kier alpha value is -1.75. The molecule has 5 heteroatoms. The third-order valence-electron chi connectivity index (χ3n) is 5.13. The van der Waals surface area contributed by atoms with Crippen molar-refractivity contribution in [1.82, 2.24) is 15.5 Å². The lowest BCUT2D eigenvalue weighted by atomic mass is 10.1. The van der Waals surface area contributed by atoms with Crippen LogP contribution in [0.4, 0.5) is 0 Å². The van der Waals surface area contributed by atoms with Gasteiger partial charge in [0.1, 0.15) is 11.9 Å². The monoisotopic (exact) mass is 330 g/mol. The van der Waals surface area contributed by atoms with Crippen LogP contribution in [0.15, 0.2) is 29.3 Å². The van der Waals surface area contributed by atoms with Crippen molar-refractivity contribution in [3.05, 3.63) is 29.8 Å². The molecule has 0 spiro atoms. The first-order valence-electron chi connectivity index (χ1n) is 9.02. The van der Waals surface area contributed by atoms with Crippen LogP contribution in [-0.2, 0) is 6.42 Å². The molecule has 1 aromatic carbocycles. The highest BCUT2D eigenvalue weighted by Gasteiger charge is 2.31. The number of likely N-dealkylation sites (tertiary alicyclic amines) is 1. The molecular weight excluding hydrogens is 300 g/mol. The minimum atomic E-state index is 0.175. The van der Waals surface area contributed by atoms with Crippen molar-refractivity contribution in [2.45, 2.75) is 45.4 Å². The number of fused-ring (bicyclic) bond motifs is 1. The topological polar surface area (TPSA) is 48.9 Å². The molecule has 2 aliphatic heterocycles. The summed E-state index contributed by atoms with van der Waals surface area (Å²) in [6.45, 7) is 9.82. The van der Waals surface area contributed by atoms with Crippen molar-refractivity contribution in [1.29, 1.82) is 0 Å². The van der Waals surface area contributed by atoms with E-state index in [-0.39, 0.29) is 6.10 Å². The van der Waals surface area contributed by atoms with Crippen LogP contribution in [0.25, 0.3) is 0 Å². The van der Waals surface area contributed by atoms with Gasteiger partial charge in [0.05, 0.1) is 6.54 Å². The molecule has 3 atom stereocenters. The molecule has 0 saturated carbocycles. The molecule has 0 aromatic heterocycles. The van der Waals surface area contributed by atoms with Gasteiger partial charge < -0.3 is 15.4 Å². The maximum Gasteiger partial charge on any atom is 0.191 e. The predicted octanol–water partition coefficient (Wildman–Crippen LogP) is 1.88. The molecule has 1 saturated heterocycles. The van der Waals surface area contributed by atoms with Crippen LogP contribution in [0, 0.1) is 5.92 Å². The van der Waals surface area contributed by atoms with Crippen LogP contribution in [0.5, 0.6) is 5.75 Å². The Labute approximate surface area is 145 Å². The van der Waals surface area contributed by atoms with Gasteiger partial charge in [-0.1, -0.05) is 25.1 Å². The number of guanidine groups is 1. The fraction of sp³-hybridized carbons (Fsp3) is 0.632. The van der Waals surface area contributed by atoms with Crippen LogP contribution < -0.4 is 15.4 Å². The van der Waals surface area contributed by atoms with Crippen molar-refractivity contribution in [3.63, 3.8) is 0 Å². The molecule has 1 aromatic rings. The summed E-state index contributed by atoms with van der Waals surface area (Å²) in [6, 6.07) is 9.32. The smallest absolute Gasteiger partial charge is 0.191 e. The van der Waals surface area contributed by atoms with E-state index in [1.54, 1.807) is 0 Å². The summed E-state index contributed by atoms with van der Waals surface area (Å²) in [5, 5.41) is 7.02. The Balaban J connectivity index is 1.48. The molecule has 1 fully saturated rings. The van der Waals surface area contributed by atoms with E-state index in [1.165, 1.54) is 5.56 Å². The zero-order valence-electron chi connectivity index (χ0n) is 15.2. The van der Waals surface area contributed by atoms with Crippen LogP contribution >= 0.6 is 0 Å². The fourth-order valence-electron chi connectivity index (χ4n) is 3.56. The molecule has 0 bridgehead atoms. The maximum atomic E-state index is 5.99. The highest BCUT2D eigenvalue weighted by molar-refractivity contribution is 5.80. The number of nitrogens with zero attached hydrogens (tertiary/aromatic N) is 2. The molecule has 132 valence electrons. The van der Waals surface area contributed by atoms with Crippen LogP contribution in [0.3, 0.4) is 0 Å². The van der Waals surface area contributed by atoms with Gasteiger partial charge in [-0.05, 0) is 31.4 Å². The second-order valence-corrected chi connectivity index (χ2v) is 7.28. The lowest BCUT2D eigenvalue weighted by Gasteiger charge is -2.22. The summed E-state index contributed by atoms with van der Waals surface area (Å²) in [6.07, 6.45) is 1.13. The van der Waals surface area contributed by atoms with E-state index in [1.807, 2.05) is 19.2 Å². The minimum Gasteiger partial charge on any atom is -0.488 e. The first-order chi connectivity index (χ1) is 11.6. The predicted molar refractivity (Wildman–Crippen MR) is 98.7 cm³/mol. The quantitative estimate of drug-likeness (QED) is 0.654. The number of para-hydroxylation sites is 1. The first kappa shape index (κ1) is 17.1. The number of nitrogens with one attached hydrogen (secondary N) is 2. The van der Waals surface area contributed by atoms with Gasteiger partial charge in [-0.3, -0.25) is 9.89 Å². The zero-order chi connectivity index (χ0) is 17.1. The number of rotatable bonds is 4. The van der Waals surface area contributed by atoms with Crippen molar-refractivity contribution in [2.24, 2.45) is 10.9 Å². The zero-order valence-corrected chi connectivity index (χ0v) is 15.2. The third kappa shape index (κ3) is 3.83. The van der Waals surface area contributed by atoms with Gasteiger partial charge in [0, 0.05) is 38.6 Å². The van der Waals surface area contributed by atoms with Gasteiger partial charge in [-0.25, -0.2) is 0 Å². The van der Waals surface area contributed by atoms with Gasteiger partial charge in [0.25, 0.3) is 0 Å². The molecule has 0 amide bonds. The number of ether oxygens (including phenoxy) is 1. The molecule has 2 aliphatic rings. The van der Waals surface area contributed by atoms with Crippen molar-refractivity contribution in [3.8, 4) is 5.75 Å². The summed E-state index contributed by atoms with van der Waals surface area (Å²) in [7, 11) is 1.83. The van der Waals surface area contributed by atoms with Crippen molar-refractivity contribution < 1.29 is 4.74 Å². The van der Waals surface area contributed by atoms with Gasteiger partial charge in [-0.2, -0.15) is 0 Å². The summed E-state index contributed by atoms with van der Waals surface area (Å²) in [4.78, 5) is 6.91. The van der Waals surface area contributed by atoms with E-state index >= 15 is 0 Å². The summed E-state index contributed by atoms with van der Waals surface area (Å²) < 4.78 is 5.99. The van der Waals surface area contributed by atoms with Gasteiger partial charge >= 0.3 is 0 Å². The van der Waals surface area contributed by atoms with Gasteiger partial charge in [0.15, 0.2) is 5.96 Å². The Morgan fingerprint density at radius 2 is 2.12 bits per heavy atom. The van der Waals surface area contributed by atoms with Crippen molar-refractivity contribution in [2.75, 3.05) is 26.7 Å². The maximum absolute atomic E-state index is 5.99. The second-order valence-electron chi connectivity index (χ2n) is 7.28. The fourth-order valence-corrected chi connectivity index (χ4v) is 3.56. The number of hydrogen-bond donors (Lipinski definition) is 2. The highest BCUT2D eigenvalue weighted by atomic mass is 16.5. The standard InChI is InChI=1S/C19H30N4O/c1-13(2)23-11-14(3)17(12-23)22-19(20-4)21-10-16-9-15-7-5-6-8-18(15)24-16/h5-8,13-14,16-17H,9-12H2,1-4H3,(H2,20,21,22). The molecule has 3 rings (SSSR count). The van der Waals surface area contributed by atoms with E-state index in [0.29, 0.717) is 18.0 Å². The Morgan fingerprint density at radius 1 is 1.33 bits per heavy atom. The van der Waals surface area contributed by atoms with Crippen LogP contribution in [0.1, 0.15) is 26.3 Å².